The van der Waals surface area contributed by atoms with Gasteiger partial charge in [-0.2, -0.15) is 0 Å². The standard InChI is InChI=1S/C16H20O6/c1-11(16(20-4)21-5)22-15-13(18-2)9-12(7-6-8-17)10-14(15)19-3/h6-10,16H,1H2,2-5H3/b7-6+. The molecule has 6 nitrogen and oxygen atoms in total. The maximum Gasteiger partial charge on any atom is 0.216 e. The van der Waals surface area contributed by atoms with E-state index >= 15 is 0 Å². The Balaban J connectivity index is 3.19. The molecule has 0 aromatic heterocycles. The van der Waals surface area contributed by atoms with Crippen LogP contribution < -0.4 is 14.2 Å². The Kier molecular flexibility index (Phi) is 7.15. The van der Waals surface area contributed by atoms with Crippen molar-refractivity contribution in [3.05, 3.63) is 36.1 Å². The molecule has 0 aliphatic rings. The summed E-state index contributed by atoms with van der Waals surface area (Å²) in [5, 5.41) is 0. The minimum absolute atomic E-state index is 0.248. The van der Waals surface area contributed by atoms with Gasteiger partial charge in [0.15, 0.2) is 17.3 Å². The van der Waals surface area contributed by atoms with Gasteiger partial charge in [0.2, 0.25) is 12.0 Å². The van der Waals surface area contributed by atoms with Gasteiger partial charge in [0.1, 0.15) is 6.29 Å². The molecule has 1 aromatic rings. The zero-order valence-electron chi connectivity index (χ0n) is 13.1. The molecule has 0 radical (unpaired) electrons. The number of hydrogen-bond donors (Lipinski definition) is 0. The highest BCUT2D eigenvalue weighted by molar-refractivity contribution is 5.75. The summed E-state index contributed by atoms with van der Waals surface area (Å²) < 4.78 is 26.4. The van der Waals surface area contributed by atoms with Crippen molar-refractivity contribution >= 4 is 12.4 Å². The van der Waals surface area contributed by atoms with E-state index in [1.54, 1.807) is 18.2 Å². The summed E-state index contributed by atoms with van der Waals surface area (Å²) in [6, 6.07) is 3.42. The van der Waals surface area contributed by atoms with E-state index in [2.05, 4.69) is 6.58 Å². The molecule has 0 heterocycles. The van der Waals surface area contributed by atoms with Crippen molar-refractivity contribution in [1.29, 1.82) is 0 Å². The van der Waals surface area contributed by atoms with Crippen LogP contribution in [0, 0.1) is 0 Å². The Morgan fingerprint density at radius 2 is 1.64 bits per heavy atom. The quantitative estimate of drug-likeness (QED) is 0.302. The number of rotatable bonds is 9. The average molecular weight is 308 g/mol. The number of ether oxygens (including phenoxy) is 5. The Morgan fingerprint density at radius 1 is 1.09 bits per heavy atom. The smallest absolute Gasteiger partial charge is 0.216 e. The van der Waals surface area contributed by atoms with Gasteiger partial charge in [0, 0.05) is 14.2 Å². The van der Waals surface area contributed by atoms with Crippen LogP contribution in [-0.4, -0.2) is 41.0 Å². The van der Waals surface area contributed by atoms with Crippen LogP contribution in [0.3, 0.4) is 0 Å². The van der Waals surface area contributed by atoms with Crippen molar-refractivity contribution < 1.29 is 28.5 Å². The van der Waals surface area contributed by atoms with Crippen LogP contribution in [0.2, 0.25) is 0 Å². The lowest BCUT2D eigenvalue weighted by atomic mass is 10.1. The van der Waals surface area contributed by atoms with Crippen LogP contribution in [-0.2, 0) is 14.3 Å². The Hall–Kier alpha value is -2.31. The van der Waals surface area contributed by atoms with Crippen LogP contribution in [0.1, 0.15) is 5.56 Å². The SMILES string of the molecule is C=C(Oc1c(OC)cc(/C=C/C=O)cc1OC)C(OC)OC. The predicted molar refractivity (Wildman–Crippen MR) is 82.2 cm³/mol. The minimum atomic E-state index is -0.718. The van der Waals surface area contributed by atoms with Gasteiger partial charge in [0.25, 0.3) is 0 Å². The normalized spacial score (nSPS) is 10.8. The lowest BCUT2D eigenvalue weighted by molar-refractivity contribution is -0.104. The first-order chi connectivity index (χ1) is 10.6. The van der Waals surface area contributed by atoms with E-state index in [9.17, 15) is 4.79 Å². The van der Waals surface area contributed by atoms with Gasteiger partial charge in [-0.25, -0.2) is 0 Å². The Bertz CT molecular complexity index is 521. The number of hydrogen-bond acceptors (Lipinski definition) is 6. The van der Waals surface area contributed by atoms with Crippen LogP contribution in [0.25, 0.3) is 6.08 Å². The van der Waals surface area contributed by atoms with E-state index in [-0.39, 0.29) is 5.76 Å². The van der Waals surface area contributed by atoms with Gasteiger partial charge in [-0.1, -0.05) is 12.7 Å². The van der Waals surface area contributed by atoms with Gasteiger partial charge in [0.05, 0.1) is 14.2 Å². The highest BCUT2D eigenvalue weighted by Crippen LogP contribution is 2.40. The van der Waals surface area contributed by atoms with Gasteiger partial charge < -0.3 is 23.7 Å². The van der Waals surface area contributed by atoms with Gasteiger partial charge in [-0.15, -0.1) is 0 Å². The van der Waals surface area contributed by atoms with Gasteiger partial charge in [-0.05, 0) is 23.8 Å². The van der Waals surface area contributed by atoms with E-state index in [0.29, 0.717) is 23.5 Å². The number of aldehydes is 1. The van der Waals surface area contributed by atoms with E-state index in [4.69, 9.17) is 23.7 Å². The number of carbonyl (C=O) groups excluding carboxylic acids is 1. The average Bonchev–Trinajstić information content (AvgIpc) is 2.54. The summed E-state index contributed by atoms with van der Waals surface area (Å²) in [6.07, 6.45) is 2.97. The summed E-state index contributed by atoms with van der Waals surface area (Å²) in [6.45, 7) is 3.77. The monoisotopic (exact) mass is 308 g/mol. The topological polar surface area (TPSA) is 63.2 Å². The number of carbonyl (C=O) groups is 1. The largest absolute Gasteiger partial charge is 0.493 e. The Morgan fingerprint density at radius 3 is 2.05 bits per heavy atom. The van der Waals surface area contributed by atoms with Crippen molar-refractivity contribution in [3.8, 4) is 17.2 Å². The third-order valence-corrected chi connectivity index (χ3v) is 2.77. The van der Waals surface area contributed by atoms with Crippen LogP contribution >= 0.6 is 0 Å². The van der Waals surface area contributed by atoms with Crippen molar-refractivity contribution in [2.45, 2.75) is 6.29 Å². The van der Waals surface area contributed by atoms with Gasteiger partial charge >= 0.3 is 0 Å². The summed E-state index contributed by atoms with van der Waals surface area (Å²) in [7, 11) is 5.96. The lowest BCUT2D eigenvalue weighted by Crippen LogP contribution is -2.19. The second kappa shape index (κ2) is 8.86. The molecule has 0 atom stereocenters. The molecular formula is C16H20O6. The maximum absolute atomic E-state index is 10.4. The lowest BCUT2D eigenvalue weighted by Gasteiger charge is -2.20. The molecular weight excluding hydrogens is 288 g/mol. The zero-order chi connectivity index (χ0) is 16.5. The fraction of sp³-hybridized carbons (Fsp3) is 0.312. The number of allylic oxidation sites excluding steroid dienone is 1. The fourth-order valence-electron chi connectivity index (χ4n) is 1.79. The molecule has 1 rings (SSSR count). The zero-order valence-corrected chi connectivity index (χ0v) is 13.1. The maximum atomic E-state index is 10.4. The minimum Gasteiger partial charge on any atom is -0.493 e. The summed E-state index contributed by atoms with van der Waals surface area (Å²) >= 11 is 0. The second-order valence-corrected chi connectivity index (χ2v) is 4.12. The first-order valence-corrected chi connectivity index (χ1v) is 6.41. The third kappa shape index (κ3) is 4.34. The molecule has 0 spiro atoms. The van der Waals surface area contributed by atoms with Crippen LogP contribution in [0.4, 0.5) is 0 Å². The van der Waals surface area contributed by atoms with Crippen molar-refractivity contribution in [3.63, 3.8) is 0 Å². The van der Waals surface area contributed by atoms with Crippen LogP contribution in [0.15, 0.2) is 30.5 Å². The number of benzene rings is 1. The highest BCUT2D eigenvalue weighted by Gasteiger charge is 2.19. The van der Waals surface area contributed by atoms with E-state index in [0.717, 1.165) is 5.56 Å². The molecule has 0 saturated carbocycles. The first kappa shape index (κ1) is 17.7. The van der Waals surface area contributed by atoms with Crippen LogP contribution in [0.5, 0.6) is 17.2 Å². The first-order valence-electron chi connectivity index (χ1n) is 6.41. The Labute approximate surface area is 129 Å². The van der Waals surface area contributed by atoms with Crippen molar-refractivity contribution in [2.24, 2.45) is 0 Å². The predicted octanol–water partition coefficient (Wildman–Crippen LogP) is 2.43. The highest BCUT2D eigenvalue weighted by atomic mass is 16.7. The molecule has 1 aromatic carbocycles. The summed E-state index contributed by atoms with van der Waals surface area (Å²) in [5.41, 5.74) is 0.730. The van der Waals surface area contributed by atoms with Crippen molar-refractivity contribution in [2.75, 3.05) is 28.4 Å². The molecule has 0 aliphatic heterocycles. The molecule has 0 bridgehead atoms. The van der Waals surface area contributed by atoms with Crippen molar-refractivity contribution in [1.82, 2.24) is 0 Å². The fourth-order valence-corrected chi connectivity index (χ4v) is 1.79. The van der Waals surface area contributed by atoms with E-state index in [1.807, 2.05) is 0 Å². The van der Waals surface area contributed by atoms with E-state index < -0.39 is 6.29 Å². The molecule has 6 heteroatoms. The molecule has 0 amide bonds. The van der Waals surface area contributed by atoms with E-state index in [1.165, 1.54) is 34.5 Å². The number of methoxy groups -OCH3 is 4. The molecule has 0 unspecified atom stereocenters. The molecule has 0 aliphatic carbocycles. The molecule has 0 fully saturated rings. The molecule has 22 heavy (non-hydrogen) atoms. The molecule has 0 saturated heterocycles. The third-order valence-electron chi connectivity index (χ3n) is 2.77. The summed E-state index contributed by atoms with van der Waals surface area (Å²) in [5.74, 6) is 1.45. The molecule has 0 N–H and O–H groups in total. The summed E-state index contributed by atoms with van der Waals surface area (Å²) in [4.78, 5) is 10.4. The second-order valence-electron chi connectivity index (χ2n) is 4.12. The van der Waals surface area contributed by atoms with Gasteiger partial charge in [-0.3, -0.25) is 4.79 Å². The molecule has 120 valence electrons.